The van der Waals surface area contributed by atoms with E-state index in [4.69, 9.17) is 4.74 Å². The molecule has 0 aliphatic heterocycles. The quantitative estimate of drug-likeness (QED) is 0.752. The number of carbonyl (C=O) groups excluding carboxylic acids is 3. The van der Waals surface area contributed by atoms with Crippen molar-refractivity contribution in [2.45, 2.75) is 40.7 Å². The molecule has 0 radical (unpaired) electrons. The summed E-state index contributed by atoms with van der Waals surface area (Å²) in [5, 5.41) is 5.28. The van der Waals surface area contributed by atoms with E-state index >= 15 is 0 Å². The summed E-state index contributed by atoms with van der Waals surface area (Å²) in [4.78, 5) is 36.5. The number of hydrogen-bond acceptors (Lipinski definition) is 4. The second-order valence-corrected chi connectivity index (χ2v) is 6.96. The fourth-order valence-electron chi connectivity index (χ4n) is 2.88. The summed E-state index contributed by atoms with van der Waals surface area (Å²) < 4.78 is 5.21. The fraction of sp³-hybridized carbons (Fsp3) is 0.318. The largest absolute Gasteiger partial charge is 0.449 e. The van der Waals surface area contributed by atoms with Gasteiger partial charge < -0.3 is 15.4 Å². The monoisotopic (exact) mass is 382 g/mol. The van der Waals surface area contributed by atoms with Gasteiger partial charge in [0.1, 0.15) is 0 Å². The standard InChI is InChI=1S/C22H26N2O4/c1-13-9-14(2)11-18(10-13)22(27)28-17(5)21(26)23-12-19(25)24-20-15(3)7-6-8-16(20)4/h6-11,17H,12H2,1-5H3,(H,23,26)(H,24,25). The molecule has 0 aliphatic rings. The molecule has 2 N–H and O–H groups in total. The highest BCUT2D eigenvalue weighted by molar-refractivity contribution is 5.97. The molecule has 6 heteroatoms. The van der Waals surface area contributed by atoms with Crippen LogP contribution in [0.4, 0.5) is 5.69 Å². The Morgan fingerprint density at radius 3 is 2.11 bits per heavy atom. The number of carbonyl (C=O) groups is 3. The summed E-state index contributed by atoms with van der Waals surface area (Å²) >= 11 is 0. The first kappa shape index (κ1) is 21.2. The maximum atomic E-state index is 12.2. The van der Waals surface area contributed by atoms with Gasteiger partial charge >= 0.3 is 5.97 Å². The van der Waals surface area contributed by atoms with Crippen LogP contribution in [-0.4, -0.2) is 30.4 Å². The summed E-state index contributed by atoms with van der Waals surface area (Å²) in [6.07, 6.45) is -1.01. The number of anilines is 1. The van der Waals surface area contributed by atoms with E-state index in [1.807, 2.05) is 52.0 Å². The number of benzene rings is 2. The number of ether oxygens (including phenoxy) is 1. The Morgan fingerprint density at radius 1 is 0.964 bits per heavy atom. The van der Waals surface area contributed by atoms with Gasteiger partial charge in [0, 0.05) is 5.69 Å². The van der Waals surface area contributed by atoms with Crippen LogP contribution in [0.5, 0.6) is 0 Å². The number of esters is 1. The average Bonchev–Trinajstić information content (AvgIpc) is 2.62. The first-order chi connectivity index (χ1) is 13.2. The van der Waals surface area contributed by atoms with E-state index in [-0.39, 0.29) is 12.5 Å². The molecule has 0 aromatic heterocycles. The highest BCUT2D eigenvalue weighted by Gasteiger charge is 2.20. The van der Waals surface area contributed by atoms with Crippen LogP contribution in [0, 0.1) is 27.7 Å². The van der Waals surface area contributed by atoms with E-state index in [1.54, 1.807) is 12.1 Å². The van der Waals surface area contributed by atoms with Gasteiger partial charge in [-0.3, -0.25) is 9.59 Å². The van der Waals surface area contributed by atoms with E-state index in [1.165, 1.54) is 6.92 Å². The van der Waals surface area contributed by atoms with Crippen LogP contribution >= 0.6 is 0 Å². The lowest BCUT2D eigenvalue weighted by Crippen LogP contribution is -2.40. The van der Waals surface area contributed by atoms with Crippen molar-refractivity contribution >= 4 is 23.5 Å². The van der Waals surface area contributed by atoms with Crippen LogP contribution in [0.1, 0.15) is 39.5 Å². The lowest BCUT2D eigenvalue weighted by molar-refractivity contribution is -0.130. The summed E-state index contributed by atoms with van der Waals surface area (Å²) in [7, 11) is 0. The Balaban J connectivity index is 1.88. The van der Waals surface area contributed by atoms with Crippen molar-refractivity contribution in [1.29, 1.82) is 0 Å². The molecular formula is C22H26N2O4. The number of para-hydroxylation sites is 1. The van der Waals surface area contributed by atoms with Crippen molar-refractivity contribution in [2.75, 3.05) is 11.9 Å². The van der Waals surface area contributed by atoms with Gasteiger partial charge in [-0.1, -0.05) is 35.4 Å². The summed E-state index contributed by atoms with van der Waals surface area (Å²) in [5.41, 5.74) is 4.88. The van der Waals surface area contributed by atoms with Gasteiger partial charge in [0.15, 0.2) is 6.10 Å². The van der Waals surface area contributed by atoms with E-state index < -0.39 is 18.0 Å². The third-order valence-electron chi connectivity index (χ3n) is 4.28. The molecule has 2 amide bonds. The van der Waals surface area contributed by atoms with Crippen molar-refractivity contribution in [3.63, 3.8) is 0 Å². The summed E-state index contributed by atoms with van der Waals surface area (Å²) in [6.45, 7) is 8.83. The SMILES string of the molecule is Cc1cc(C)cc(C(=O)OC(C)C(=O)NCC(=O)Nc2c(C)cccc2C)c1. The highest BCUT2D eigenvalue weighted by Crippen LogP contribution is 2.19. The van der Waals surface area contributed by atoms with Crippen molar-refractivity contribution in [3.05, 3.63) is 64.2 Å². The van der Waals surface area contributed by atoms with Gasteiger partial charge in [0.2, 0.25) is 5.91 Å². The van der Waals surface area contributed by atoms with E-state index in [2.05, 4.69) is 10.6 Å². The average molecular weight is 382 g/mol. The second kappa shape index (κ2) is 9.17. The molecule has 0 saturated heterocycles. The summed E-state index contributed by atoms with van der Waals surface area (Å²) in [5.74, 6) is -1.46. The minimum absolute atomic E-state index is 0.210. The number of rotatable bonds is 6. The predicted molar refractivity (Wildman–Crippen MR) is 108 cm³/mol. The van der Waals surface area contributed by atoms with Gasteiger partial charge in [-0.25, -0.2) is 4.79 Å². The first-order valence-electron chi connectivity index (χ1n) is 9.10. The van der Waals surface area contributed by atoms with Crippen LogP contribution in [0.3, 0.4) is 0 Å². The molecule has 1 atom stereocenters. The van der Waals surface area contributed by atoms with Crippen LogP contribution in [0.25, 0.3) is 0 Å². The molecule has 0 fully saturated rings. The number of hydrogen-bond donors (Lipinski definition) is 2. The van der Waals surface area contributed by atoms with Crippen LogP contribution in [-0.2, 0) is 14.3 Å². The van der Waals surface area contributed by atoms with Crippen molar-refractivity contribution < 1.29 is 19.1 Å². The van der Waals surface area contributed by atoms with Crippen LogP contribution in [0.15, 0.2) is 36.4 Å². The van der Waals surface area contributed by atoms with E-state index in [0.29, 0.717) is 5.56 Å². The molecule has 0 saturated carbocycles. The Morgan fingerprint density at radius 2 is 1.54 bits per heavy atom. The lowest BCUT2D eigenvalue weighted by atomic mass is 10.1. The van der Waals surface area contributed by atoms with Gasteiger partial charge in [-0.2, -0.15) is 0 Å². The van der Waals surface area contributed by atoms with Gasteiger partial charge in [-0.15, -0.1) is 0 Å². The second-order valence-electron chi connectivity index (χ2n) is 6.96. The number of amides is 2. The topological polar surface area (TPSA) is 84.5 Å². The maximum Gasteiger partial charge on any atom is 0.338 e. The van der Waals surface area contributed by atoms with Crippen molar-refractivity contribution in [3.8, 4) is 0 Å². The zero-order chi connectivity index (χ0) is 20.8. The number of nitrogens with one attached hydrogen (secondary N) is 2. The summed E-state index contributed by atoms with van der Waals surface area (Å²) in [6, 6.07) is 11.1. The minimum Gasteiger partial charge on any atom is -0.449 e. The molecular weight excluding hydrogens is 356 g/mol. The third-order valence-corrected chi connectivity index (χ3v) is 4.28. The fourth-order valence-corrected chi connectivity index (χ4v) is 2.88. The lowest BCUT2D eigenvalue weighted by Gasteiger charge is -2.15. The Bertz CT molecular complexity index is 865. The molecule has 148 valence electrons. The van der Waals surface area contributed by atoms with Crippen LogP contribution in [0.2, 0.25) is 0 Å². The molecule has 2 rings (SSSR count). The van der Waals surface area contributed by atoms with Crippen molar-refractivity contribution in [2.24, 2.45) is 0 Å². The molecule has 28 heavy (non-hydrogen) atoms. The Hall–Kier alpha value is -3.15. The first-order valence-corrected chi connectivity index (χ1v) is 9.10. The zero-order valence-corrected chi connectivity index (χ0v) is 16.9. The Kier molecular flexibility index (Phi) is 6.93. The molecule has 1 unspecified atom stereocenters. The van der Waals surface area contributed by atoms with Crippen molar-refractivity contribution in [1.82, 2.24) is 5.32 Å². The molecule has 2 aromatic rings. The third kappa shape index (κ3) is 5.67. The normalized spacial score (nSPS) is 11.5. The molecule has 0 aliphatic carbocycles. The van der Waals surface area contributed by atoms with Crippen LogP contribution < -0.4 is 10.6 Å². The number of aryl methyl sites for hydroxylation is 4. The van der Waals surface area contributed by atoms with E-state index in [0.717, 1.165) is 27.9 Å². The van der Waals surface area contributed by atoms with Gasteiger partial charge in [-0.05, 0) is 57.9 Å². The highest BCUT2D eigenvalue weighted by atomic mass is 16.5. The molecule has 0 bridgehead atoms. The molecule has 0 spiro atoms. The molecule has 2 aromatic carbocycles. The molecule has 6 nitrogen and oxygen atoms in total. The van der Waals surface area contributed by atoms with Gasteiger partial charge in [0.05, 0.1) is 12.1 Å². The van der Waals surface area contributed by atoms with Gasteiger partial charge in [0.25, 0.3) is 5.91 Å². The zero-order valence-electron chi connectivity index (χ0n) is 16.9. The maximum absolute atomic E-state index is 12.2. The molecule has 0 heterocycles. The predicted octanol–water partition coefficient (Wildman–Crippen LogP) is 3.22. The van der Waals surface area contributed by atoms with E-state index in [9.17, 15) is 14.4 Å². The smallest absolute Gasteiger partial charge is 0.338 e. The minimum atomic E-state index is -1.01. The Labute approximate surface area is 165 Å².